The van der Waals surface area contributed by atoms with Gasteiger partial charge in [0.15, 0.2) is 17.8 Å². The van der Waals surface area contributed by atoms with Gasteiger partial charge in [-0.3, -0.25) is 9.59 Å². The van der Waals surface area contributed by atoms with Crippen molar-refractivity contribution in [1.29, 1.82) is 0 Å². The quantitative estimate of drug-likeness (QED) is 0.840. The van der Waals surface area contributed by atoms with Gasteiger partial charge in [-0.05, 0) is 40.4 Å². The van der Waals surface area contributed by atoms with Gasteiger partial charge < -0.3 is 14.6 Å². The van der Waals surface area contributed by atoms with Crippen LogP contribution in [0.3, 0.4) is 0 Å². The summed E-state index contributed by atoms with van der Waals surface area (Å²) in [6.07, 6.45) is 1.90. The molecule has 1 aromatic rings. The second-order valence-corrected chi connectivity index (χ2v) is 5.01. The van der Waals surface area contributed by atoms with E-state index in [1.165, 1.54) is 0 Å². The first-order valence-electron chi connectivity index (χ1n) is 5.91. The van der Waals surface area contributed by atoms with Gasteiger partial charge in [0.25, 0.3) is 0 Å². The van der Waals surface area contributed by atoms with Crippen molar-refractivity contribution in [1.82, 2.24) is 0 Å². The Kier molecular flexibility index (Phi) is 4.42. The molecule has 1 heterocycles. The number of carboxylic acid groups (broad SMARTS) is 1. The lowest BCUT2D eigenvalue weighted by atomic mass is 10.0. The Morgan fingerprint density at radius 2 is 2.05 bits per heavy atom. The number of rotatable bonds is 5. The number of aliphatic carboxylic acids is 1. The molecule has 0 saturated heterocycles. The van der Waals surface area contributed by atoms with Gasteiger partial charge in [0.1, 0.15) is 13.2 Å². The molecule has 1 N–H and O–H groups in total. The normalized spacial score (nSPS) is 13.1. The minimum Gasteiger partial charge on any atom is -0.486 e. The van der Waals surface area contributed by atoms with Crippen molar-refractivity contribution in [3.8, 4) is 11.5 Å². The van der Waals surface area contributed by atoms with Gasteiger partial charge in [-0.15, -0.1) is 0 Å². The number of carbonyl (C=O) groups excluding carboxylic acids is 1. The number of ether oxygens (including phenoxy) is 2. The van der Waals surface area contributed by atoms with E-state index in [1.54, 1.807) is 6.07 Å². The Balaban J connectivity index is 2.30. The Labute approximate surface area is 118 Å². The van der Waals surface area contributed by atoms with Gasteiger partial charge >= 0.3 is 5.97 Å². The molecule has 0 unspecified atom stereocenters. The van der Waals surface area contributed by atoms with Crippen LogP contribution >= 0.6 is 15.9 Å². The van der Waals surface area contributed by atoms with Gasteiger partial charge in [-0.25, -0.2) is 0 Å². The van der Waals surface area contributed by atoms with Crippen LogP contribution in [0.5, 0.6) is 11.5 Å². The van der Waals surface area contributed by atoms with E-state index in [-0.39, 0.29) is 6.42 Å². The zero-order valence-electron chi connectivity index (χ0n) is 10.1. The lowest BCUT2D eigenvalue weighted by molar-refractivity contribution is -0.137. The van der Waals surface area contributed by atoms with E-state index in [9.17, 15) is 9.59 Å². The monoisotopic (exact) mass is 328 g/mol. The molecule has 1 aliphatic heterocycles. The smallest absolute Gasteiger partial charge is 0.303 e. The Bertz CT molecular complexity index is 512. The fourth-order valence-electron chi connectivity index (χ4n) is 1.99. The molecule has 0 atom stereocenters. The fourth-order valence-corrected chi connectivity index (χ4v) is 2.54. The molecule has 0 aromatic heterocycles. The molecular weight excluding hydrogens is 316 g/mol. The first kappa shape index (κ1) is 13.9. The van der Waals surface area contributed by atoms with Crippen molar-refractivity contribution in [2.45, 2.75) is 19.3 Å². The van der Waals surface area contributed by atoms with Crippen molar-refractivity contribution in [2.24, 2.45) is 0 Å². The molecule has 19 heavy (non-hydrogen) atoms. The molecule has 0 spiro atoms. The van der Waals surface area contributed by atoms with Gasteiger partial charge in [0.2, 0.25) is 0 Å². The molecule has 0 saturated carbocycles. The summed E-state index contributed by atoms with van der Waals surface area (Å²) >= 11 is 3.32. The highest BCUT2D eigenvalue weighted by atomic mass is 79.9. The van der Waals surface area contributed by atoms with E-state index in [1.807, 2.05) is 0 Å². The minimum atomic E-state index is -0.824. The van der Waals surface area contributed by atoms with E-state index >= 15 is 0 Å². The molecule has 1 aromatic carbocycles. The van der Waals surface area contributed by atoms with Gasteiger partial charge in [-0.2, -0.15) is 0 Å². The maximum atomic E-state index is 11.1. The Hall–Kier alpha value is -1.56. The summed E-state index contributed by atoms with van der Waals surface area (Å²) in [4.78, 5) is 21.6. The summed E-state index contributed by atoms with van der Waals surface area (Å²) < 4.78 is 11.7. The number of hydrogen-bond donors (Lipinski definition) is 1. The summed E-state index contributed by atoms with van der Waals surface area (Å²) in [5, 5.41) is 8.66. The van der Waals surface area contributed by atoms with Crippen LogP contribution in [-0.4, -0.2) is 30.6 Å². The maximum Gasteiger partial charge on any atom is 0.303 e. The SMILES string of the molecule is O=Cc1c(Br)cc(CCCC(=O)O)c2c1OCCO2. The van der Waals surface area contributed by atoms with Crippen LogP contribution in [0.1, 0.15) is 28.8 Å². The lowest BCUT2D eigenvalue weighted by Crippen LogP contribution is -2.18. The zero-order valence-corrected chi connectivity index (χ0v) is 11.7. The Morgan fingerprint density at radius 1 is 1.37 bits per heavy atom. The highest BCUT2D eigenvalue weighted by Crippen LogP contribution is 2.41. The minimum absolute atomic E-state index is 0.0999. The van der Waals surface area contributed by atoms with Crippen molar-refractivity contribution in [2.75, 3.05) is 13.2 Å². The molecule has 0 aliphatic carbocycles. The van der Waals surface area contributed by atoms with Crippen LogP contribution in [0, 0.1) is 0 Å². The number of carbonyl (C=O) groups is 2. The first-order valence-corrected chi connectivity index (χ1v) is 6.70. The van der Waals surface area contributed by atoms with Crippen molar-refractivity contribution in [3.05, 3.63) is 21.7 Å². The maximum absolute atomic E-state index is 11.1. The standard InChI is InChI=1S/C13H13BrO5/c14-10-6-8(2-1-3-11(16)17)12-13(9(10)7-15)19-5-4-18-12/h6-7H,1-5H2,(H,16,17). The van der Waals surface area contributed by atoms with Crippen molar-refractivity contribution >= 4 is 28.2 Å². The van der Waals surface area contributed by atoms with Crippen molar-refractivity contribution < 1.29 is 24.2 Å². The van der Waals surface area contributed by atoms with Crippen LogP contribution in [0.15, 0.2) is 10.5 Å². The summed E-state index contributed by atoms with van der Waals surface area (Å²) in [5.41, 5.74) is 1.28. The number of fused-ring (bicyclic) bond motifs is 1. The fraction of sp³-hybridized carbons (Fsp3) is 0.385. The molecule has 0 fully saturated rings. The average molecular weight is 329 g/mol. The molecule has 0 amide bonds. The topological polar surface area (TPSA) is 72.8 Å². The summed E-state index contributed by atoms with van der Waals surface area (Å²) in [5.74, 6) is 0.178. The summed E-state index contributed by atoms with van der Waals surface area (Å²) in [6.45, 7) is 0.831. The molecule has 5 nitrogen and oxygen atoms in total. The van der Waals surface area contributed by atoms with E-state index in [0.717, 1.165) is 11.8 Å². The number of aldehydes is 1. The molecular formula is C13H13BrO5. The number of aryl methyl sites for hydroxylation is 1. The second-order valence-electron chi connectivity index (χ2n) is 4.15. The van der Waals surface area contributed by atoms with E-state index in [2.05, 4.69) is 15.9 Å². The molecule has 1 aliphatic rings. The van der Waals surface area contributed by atoms with Crippen LogP contribution < -0.4 is 9.47 Å². The van der Waals surface area contributed by atoms with E-state index in [0.29, 0.717) is 47.6 Å². The Morgan fingerprint density at radius 3 is 2.68 bits per heavy atom. The predicted molar refractivity (Wildman–Crippen MR) is 71.1 cm³/mol. The number of carboxylic acids is 1. The molecule has 6 heteroatoms. The summed E-state index contributed by atoms with van der Waals surface area (Å²) in [6, 6.07) is 1.79. The highest BCUT2D eigenvalue weighted by molar-refractivity contribution is 9.10. The molecule has 0 bridgehead atoms. The highest BCUT2D eigenvalue weighted by Gasteiger charge is 2.22. The predicted octanol–water partition coefficient (Wildman–Crippen LogP) is 2.44. The molecule has 2 rings (SSSR count). The number of hydrogen-bond acceptors (Lipinski definition) is 4. The van der Waals surface area contributed by atoms with Crippen molar-refractivity contribution in [3.63, 3.8) is 0 Å². The number of halogens is 1. The third kappa shape index (κ3) is 3.07. The third-order valence-corrected chi connectivity index (χ3v) is 3.49. The van der Waals surface area contributed by atoms with Gasteiger partial charge in [0, 0.05) is 10.9 Å². The van der Waals surface area contributed by atoms with Gasteiger partial charge in [0.05, 0.1) is 5.56 Å². The van der Waals surface area contributed by atoms with Crippen LogP contribution in [0.2, 0.25) is 0 Å². The molecule has 0 radical (unpaired) electrons. The largest absolute Gasteiger partial charge is 0.486 e. The zero-order chi connectivity index (χ0) is 13.8. The van der Waals surface area contributed by atoms with Crippen LogP contribution in [0.25, 0.3) is 0 Å². The number of benzene rings is 1. The summed E-state index contributed by atoms with van der Waals surface area (Å²) in [7, 11) is 0. The van der Waals surface area contributed by atoms with Crippen LogP contribution in [-0.2, 0) is 11.2 Å². The first-order chi connectivity index (χ1) is 9.13. The average Bonchev–Trinajstić information content (AvgIpc) is 2.38. The molecule has 102 valence electrons. The third-order valence-electron chi connectivity index (χ3n) is 2.83. The van der Waals surface area contributed by atoms with Crippen LogP contribution in [0.4, 0.5) is 0 Å². The second kappa shape index (κ2) is 6.06. The lowest BCUT2D eigenvalue weighted by Gasteiger charge is -2.23. The van der Waals surface area contributed by atoms with Gasteiger partial charge in [-0.1, -0.05) is 0 Å². The van der Waals surface area contributed by atoms with E-state index < -0.39 is 5.97 Å². The van der Waals surface area contributed by atoms with E-state index in [4.69, 9.17) is 14.6 Å².